The molecule has 1 heterocycles. The number of benzene rings is 1. The Hall–Kier alpha value is -0.390. The van der Waals surface area contributed by atoms with E-state index in [0.29, 0.717) is 10.4 Å². The predicted molar refractivity (Wildman–Crippen MR) is 85.8 cm³/mol. The summed E-state index contributed by atoms with van der Waals surface area (Å²) in [6.45, 7) is 6.37. The number of hydrogen-bond donors (Lipinski definition) is 0. The number of alkyl halides is 1. The highest BCUT2D eigenvalue weighted by atomic mass is 79.9. The van der Waals surface area contributed by atoms with Crippen LogP contribution in [0.2, 0.25) is 5.02 Å². The van der Waals surface area contributed by atoms with Crippen molar-refractivity contribution in [3.05, 3.63) is 33.5 Å². The van der Waals surface area contributed by atoms with Crippen LogP contribution in [0.3, 0.4) is 0 Å². The molecular formula is C13H14Br2ClN3. The molecule has 19 heavy (non-hydrogen) atoms. The van der Waals surface area contributed by atoms with Gasteiger partial charge in [-0.3, -0.25) is 0 Å². The smallest absolute Gasteiger partial charge is 0.166 e. The second-order valence-corrected chi connectivity index (χ2v) is 7.09. The van der Waals surface area contributed by atoms with Crippen LogP contribution in [0.4, 0.5) is 0 Å². The molecule has 2 rings (SSSR count). The van der Waals surface area contributed by atoms with Gasteiger partial charge in [0, 0.05) is 15.6 Å². The van der Waals surface area contributed by atoms with Gasteiger partial charge < -0.3 is 4.57 Å². The zero-order valence-corrected chi connectivity index (χ0v) is 14.8. The van der Waals surface area contributed by atoms with Gasteiger partial charge in [-0.2, -0.15) is 0 Å². The fourth-order valence-electron chi connectivity index (χ4n) is 1.95. The monoisotopic (exact) mass is 405 g/mol. The molecule has 0 unspecified atom stereocenters. The van der Waals surface area contributed by atoms with E-state index in [1.54, 1.807) is 0 Å². The van der Waals surface area contributed by atoms with Crippen molar-refractivity contribution in [2.24, 2.45) is 0 Å². The molecule has 0 aliphatic rings. The van der Waals surface area contributed by atoms with Crippen LogP contribution in [0.1, 0.15) is 26.6 Å². The van der Waals surface area contributed by atoms with Gasteiger partial charge >= 0.3 is 0 Å². The number of halogens is 3. The Morgan fingerprint density at radius 2 is 1.95 bits per heavy atom. The molecule has 0 spiro atoms. The Morgan fingerprint density at radius 1 is 1.26 bits per heavy atom. The average Bonchev–Trinajstić information content (AvgIpc) is 2.75. The van der Waals surface area contributed by atoms with E-state index in [2.05, 4.69) is 67.4 Å². The standard InChI is InChI=1S/C13H14Br2ClN3/c1-13(2,3)19-11(7-14)17-18-12(19)9-6-8(15)4-5-10(9)16/h4-6H,7H2,1-3H3. The SMILES string of the molecule is CC(C)(C)n1c(CBr)nnc1-c1cc(Br)ccc1Cl. The highest BCUT2D eigenvalue weighted by Crippen LogP contribution is 2.33. The summed E-state index contributed by atoms with van der Waals surface area (Å²) in [4.78, 5) is 0. The zero-order chi connectivity index (χ0) is 14.2. The molecule has 2 aromatic rings. The molecule has 0 saturated heterocycles. The maximum Gasteiger partial charge on any atom is 0.166 e. The van der Waals surface area contributed by atoms with E-state index in [-0.39, 0.29) is 5.54 Å². The molecular weight excluding hydrogens is 393 g/mol. The molecule has 0 radical (unpaired) electrons. The lowest BCUT2D eigenvalue weighted by molar-refractivity contribution is 0.391. The minimum atomic E-state index is -0.117. The third kappa shape index (κ3) is 3.03. The van der Waals surface area contributed by atoms with E-state index in [1.807, 2.05) is 18.2 Å². The van der Waals surface area contributed by atoms with Crippen LogP contribution in [0.5, 0.6) is 0 Å². The lowest BCUT2D eigenvalue weighted by atomic mass is 10.1. The summed E-state index contributed by atoms with van der Waals surface area (Å²) in [5.41, 5.74) is 0.763. The lowest BCUT2D eigenvalue weighted by Crippen LogP contribution is -2.24. The first kappa shape index (κ1) is 15.0. The molecule has 102 valence electrons. The van der Waals surface area contributed by atoms with E-state index >= 15 is 0 Å². The first-order valence-corrected chi connectivity index (χ1v) is 8.10. The average molecular weight is 408 g/mol. The number of nitrogens with zero attached hydrogens (tertiary/aromatic N) is 3. The summed E-state index contributed by atoms with van der Waals surface area (Å²) in [5.74, 6) is 1.67. The number of rotatable bonds is 2. The molecule has 0 bridgehead atoms. The molecule has 1 aromatic carbocycles. The minimum absolute atomic E-state index is 0.117. The molecule has 6 heteroatoms. The fraction of sp³-hybridized carbons (Fsp3) is 0.385. The van der Waals surface area contributed by atoms with Gasteiger partial charge in [0.25, 0.3) is 0 Å². The van der Waals surface area contributed by atoms with Crippen molar-refractivity contribution < 1.29 is 0 Å². The van der Waals surface area contributed by atoms with Crippen LogP contribution in [-0.4, -0.2) is 14.8 Å². The van der Waals surface area contributed by atoms with Gasteiger partial charge in [-0.15, -0.1) is 10.2 Å². The Bertz CT molecular complexity index is 602. The molecule has 0 saturated carbocycles. The Labute approximate surface area is 134 Å². The van der Waals surface area contributed by atoms with Crippen LogP contribution in [0.25, 0.3) is 11.4 Å². The number of hydrogen-bond acceptors (Lipinski definition) is 2. The molecule has 3 nitrogen and oxygen atoms in total. The van der Waals surface area contributed by atoms with Gasteiger partial charge in [0.1, 0.15) is 5.82 Å². The van der Waals surface area contributed by atoms with Gasteiger partial charge in [-0.25, -0.2) is 0 Å². The van der Waals surface area contributed by atoms with E-state index in [0.717, 1.165) is 21.7 Å². The lowest BCUT2D eigenvalue weighted by Gasteiger charge is -2.25. The fourth-order valence-corrected chi connectivity index (χ4v) is 2.88. The van der Waals surface area contributed by atoms with Crippen LogP contribution in [0, 0.1) is 0 Å². The van der Waals surface area contributed by atoms with Crippen LogP contribution < -0.4 is 0 Å². The summed E-state index contributed by atoms with van der Waals surface area (Å²) in [6, 6.07) is 5.73. The summed E-state index contributed by atoms with van der Waals surface area (Å²) in [7, 11) is 0. The van der Waals surface area contributed by atoms with Gasteiger partial charge in [-0.1, -0.05) is 43.5 Å². The summed E-state index contributed by atoms with van der Waals surface area (Å²) < 4.78 is 3.07. The van der Waals surface area contributed by atoms with Crippen molar-refractivity contribution in [1.29, 1.82) is 0 Å². The Morgan fingerprint density at radius 3 is 2.53 bits per heavy atom. The number of aromatic nitrogens is 3. The predicted octanol–water partition coefficient (Wildman–Crippen LogP) is 5.01. The highest BCUT2D eigenvalue weighted by molar-refractivity contribution is 9.10. The Kier molecular flexibility index (Phi) is 4.38. The maximum atomic E-state index is 6.29. The first-order valence-electron chi connectivity index (χ1n) is 5.80. The van der Waals surface area contributed by atoms with E-state index in [4.69, 9.17) is 11.6 Å². The van der Waals surface area contributed by atoms with E-state index < -0.39 is 0 Å². The van der Waals surface area contributed by atoms with Crippen molar-refractivity contribution in [2.75, 3.05) is 0 Å². The van der Waals surface area contributed by atoms with Gasteiger partial charge in [0.2, 0.25) is 0 Å². The van der Waals surface area contributed by atoms with Crippen molar-refractivity contribution in [2.45, 2.75) is 31.6 Å². The van der Waals surface area contributed by atoms with Crippen molar-refractivity contribution in [3.63, 3.8) is 0 Å². The highest BCUT2D eigenvalue weighted by Gasteiger charge is 2.24. The quantitative estimate of drug-likeness (QED) is 0.655. The largest absolute Gasteiger partial charge is 0.305 e. The minimum Gasteiger partial charge on any atom is -0.305 e. The third-order valence-electron chi connectivity index (χ3n) is 2.69. The van der Waals surface area contributed by atoms with E-state index in [1.165, 1.54) is 0 Å². The summed E-state index contributed by atoms with van der Waals surface area (Å²) in [6.07, 6.45) is 0. The van der Waals surface area contributed by atoms with Crippen LogP contribution >= 0.6 is 43.5 Å². The summed E-state index contributed by atoms with van der Waals surface area (Å²) >= 11 is 13.2. The van der Waals surface area contributed by atoms with Gasteiger partial charge in [0.05, 0.1) is 10.4 Å². The molecule has 0 atom stereocenters. The van der Waals surface area contributed by atoms with Crippen molar-refractivity contribution >= 4 is 43.5 Å². The third-order valence-corrected chi connectivity index (χ3v) is 4.01. The first-order chi connectivity index (χ1) is 8.84. The molecule has 0 amide bonds. The molecule has 0 aliphatic heterocycles. The maximum absolute atomic E-state index is 6.29. The van der Waals surface area contributed by atoms with Crippen molar-refractivity contribution in [1.82, 2.24) is 14.8 Å². The normalized spacial score (nSPS) is 11.9. The summed E-state index contributed by atoms with van der Waals surface area (Å²) in [5, 5.41) is 9.87. The molecule has 0 fully saturated rings. The van der Waals surface area contributed by atoms with Gasteiger partial charge in [0.15, 0.2) is 5.82 Å². The van der Waals surface area contributed by atoms with Crippen LogP contribution in [0.15, 0.2) is 22.7 Å². The van der Waals surface area contributed by atoms with Crippen LogP contribution in [-0.2, 0) is 10.9 Å². The second kappa shape index (κ2) is 5.54. The Balaban J connectivity index is 2.69. The molecule has 1 aromatic heterocycles. The van der Waals surface area contributed by atoms with Gasteiger partial charge in [-0.05, 0) is 39.0 Å². The van der Waals surface area contributed by atoms with E-state index in [9.17, 15) is 0 Å². The topological polar surface area (TPSA) is 30.7 Å². The van der Waals surface area contributed by atoms with Crippen molar-refractivity contribution in [3.8, 4) is 11.4 Å². The second-order valence-electron chi connectivity index (χ2n) is 5.20. The molecule has 0 aliphatic carbocycles. The zero-order valence-electron chi connectivity index (χ0n) is 10.9. The molecule has 0 N–H and O–H groups in total.